The normalized spacial score (nSPS) is 18.5. The molecule has 2 aliphatic heterocycles. The van der Waals surface area contributed by atoms with Gasteiger partial charge in [-0.05, 0) is 53.7 Å². The first-order valence-corrected chi connectivity index (χ1v) is 12.2. The maximum absolute atomic E-state index is 13.7. The Morgan fingerprint density at radius 2 is 1.76 bits per heavy atom. The molecule has 194 valence electrons. The van der Waals surface area contributed by atoms with Gasteiger partial charge in [0.15, 0.2) is 17.5 Å². The number of rotatable bonds is 7. The summed E-state index contributed by atoms with van der Waals surface area (Å²) in [6, 6.07) is 10.8. The van der Waals surface area contributed by atoms with Gasteiger partial charge >= 0.3 is 0 Å². The van der Waals surface area contributed by atoms with Gasteiger partial charge in [0.2, 0.25) is 11.8 Å². The first-order valence-electron chi connectivity index (χ1n) is 12.2. The second kappa shape index (κ2) is 10.6. The fourth-order valence-corrected chi connectivity index (χ4v) is 4.72. The Balaban J connectivity index is 1.16. The predicted octanol–water partition coefficient (Wildman–Crippen LogP) is 2.04. The minimum atomic E-state index is -0.974. The highest BCUT2D eigenvalue weighted by Gasteiger charge is 2.38. The Labute approximate surface area is 212 Å². The molecular weight excluding hydrogens is 484 g/mol. The number of anilines is 1. The molecule has 0 bridgehead atoms. The van der Waals surface area contributed by atoms with E-state index in [-0.39, 0.29) is 24.2 Å². The molecule has 1 unspecified atom stereocenters. The van der Waals surface area contributed by atoms with Crippen LogP contribution in [0.15, 0.2) is 42.5 Å². The van der Waals surface area contributed by atoms with Crippen LogP contribution in [0.25, 0.3) is 5.69 Å². The van der Waals surface area contributed by atoms with E-state index in [1.165, 1.54) is 10.7 Å². The zero-order valence-corrected chi connectivity index (χ0v) is 20.4. The van der Waals surface area contributed by atoms with Crippen LogP contribution in [0.1, 0.15) is 19.2 Å². The van der Waals surface area contributed by atoms with Crippen LogP contribution in [-0.2, 0) is 16.1 Å². The van der Waals surface area contributed by atoms with E-state index in [4.69, 9.17) is 4.74 Å². The second-order valence-corrected chi connectivity index (χ2v) is 9.04. The molecule has 12 heteroatoms. The number of halogens is 2. The monoisotopic (exact) mass is 511 g/mol. The molecule has 2 fully saturated rings. The highest BCUT2D eigenvalue weighted by atomic mass is 19.2. The molecule has 1 atom stereocenters. The van der Waals surface area contributed by atoms with E-state index in [1.807, 2.05) is 31.2 Å². The van der Waals surface area contributed by atoms with Crippen LogP contribution in [-0.4, -0.2) is 81.2 Å². The van der Waals surface area contributed by atoms with Gasteiger partial charge in [-0.3, -0.25) is 14.5 Å². The zero-order chi connectivity index (χ0) is 25.9. The van der Waals surface area contributed by atoms with Gasteiger partial charge in [0.25, 0.3) is 0 Å². The number of amides is 2. The maximum Gasteiger partial charge on any atom is 0.228 e. The van der Waals surface area contributed by atoms with Crippen molar-refractivity contribution in [2.45, 2.75) is 19.9 Å². The van der Waals surface area contributed by atoms with Crippen LogP contribution in [0.2, 0.25) is 0 Å². The van der Waals surface area contributed by atoms with Gasteiger partial charge in [-0.25, -0.2) is 8.78 Å². The molecule has 0 radical (unpaired) electrons. The van der Waals surface area contributed by atoms with E-state index in [9.17, 15) is 18.4 Å². The van der Waals surface area contributed by atoms with E-state index < -0.39 is 11.6 Å². The number of hydrogen-bond donors (Lipinski definition) is 0. The van der Waals surface area contributed by atoms with Gasteiger partial charge in [0.1, 0.15) is 5.75 Å². The van der Waals surface area contributed by atoms with Crippen LogP contribution >= 0.6 is 0 Å². The van der Waals surface area contributed by atoms with Crippen molar-refractivity contribution >= 4 is 17.5 Å². The average molecular weight is 512 g/mol. The van der Waals surface area contributed by atoms with Crippen molar-refractivity contribution < 1.29 is 23.1 Å². The van der Waals surface area contributed by atoms with E-state index in [2.05, 4.69) is 20.4 Å². The highest BCUT2D eigenvalue weighted by Crippen LogP contribution is 2.28. The van der Waals surface area contributed by atoms with Crippen molar-refractivity contribution in [3.05, 3.63) is 59.9 Å². The lowest BCUT2D eigenvalue weighted by molar-refractivity contribution is -0.137. The van der Waals surface area contributed by atoms with Crippen LogP contribution in [0.5, 0.6) is 5.75 Å². The third kappa shape index (κ3) is 5.29. The summed E-state index contributed by atoms with van der Waals surface area (Å²) in [5.74, 6) is -1.16. The number of carbonyl (C=O) groups is 2. The minimum Gasteiger partial charge on any atom is -0.494 e. The fourth-order valence-electron chi connectivity index (χ4n) is 4.72. The fraction of sp³-hybridized carbons (Fsp3) is 0.400. The molecule has 37 heavy (non-hydrogen) atoms. The lowest BCUT2D eigenvalue weighted by Gasteiger charge is -2.35. The summed E-state index contributed by atoms with van der Waals surface area (Å²) in [6.45, 7) is 5.44. The number of ether oxygens (including phenoxy) is 1. The van der Waals surface area contributed by atoms with E-state index >= 15 is 0 Å². The number of tetrazole rings is 1. The van der Waals surface area contributed by atoms with Crippen LogP contribution < -0.4 is 9.64 Å². The third-order valence-corrected chi connectivity index (χ3v) is 6.66. The van der Waals surface area contributed by atoms with Crippen molar-refractivity contribution in [1.29, 1.82) is 0 Å². The van der Waals surface area contributed by atoms with Gasteiger partial charge in [0.05, 0.1) is 24.8 Å². The Bertz CT molecular complexity index is 1280. The molecule has 0 spiro atoms. The lowest BCUT2D eigenvalue weighted by Crippen LogP contribution is -2.50. The number of nitrogens with zero attached hydrogens (tertiary/aromatic N) is 7. The smallest absolute Gasteiger partial charge is 0.228 e. The molecule has 0 saturated carbocycles. The molecule has 2 aliphatic rings. The second-order valence-electron chi connectivity index (χ2n) is 9.04. The van der Waals surface area contributed by atoms with E-state index in [0.717, 1.165) is 23.6 Å². The summed E-state index contributed by atoms with van der Waals surface area (Å²) < 4.78 is 33.8. The molecule has 2 aromatic carbocycles. The molecule has 2 saturated heterocycles. The Morgan fingerprint density at radius 1 is 1.03 bits per heavy atom. The van der Waals surface area contributed by atoms with Crippen LogP contribution in [0, 0.1) is 17.6 Å². The number of benzene rings is 2. The molecular formula is C25H27F2N7O3. The molecule has 5 rings (SSSR count). The molecule has 0 N–H and O–H groups in total. The topological polar surface area (TPSA) is 96.7 Å². The predicted molar refractivity (Wildman–Crippen MR) is 129 cm³/mol. The summed E-state index contributed by atoms with van der Waals surface area (Å²) >= 11 is 0. The quantitative estimate of drug-likeness (QED) is 0.479. The van der Waals surface area contributed by atoms with E-state index in [1.54, 1.807) is 9.80 Å². The van der Waals surface area contributed by atoms with Gasteiger partial charge in [-0.15, -0.1) is 5.10 Å². The summed E-state index contributed by atoms with van der Waals surface area (Å²) in [7, 11) is 0. The Hall–Kier alpha value is -3.93. The molecule has 0 aliphatic carbocycles. The van der Waals surface area contributed by atoms with Crippen LogP contribution in [0.3, 0.4) is 0 Å². The SMILES string of the molecule is CCOc1ccc(N2CC(C(=O)N3CCN(Cc4nnnn4-c4ccc(F)c(F)c4)CC3)CC2=O)cc1. The number of carbonyl (C=O) groups excluding carboxylic acids is 2. The third-order valence-electron chi connectivity index (χ3n) is 6.66. The van der Waals surface area contributed by atoms with Gasteiger partial charge in [-0.2, -0.15) is 4.68 Å². The maximum atomic E-state index is 13.7. The lowest BCUT2D eigenvalue weighted by atomic mass is 10.1. The zero-order valence-electron chi connectivity index (χ0n) is 20.4. The Morgan fingerprint density at radius 3 is 2.46 bits per heavy atom. The average Bonchev–Trinajstić information content (AvgIpc) is 3.53. The van der Waals surface area contributed by atoms with Crippen molar-refractivity contribution in [2.24, 2.45) is 5.92 Å². The molecule has 2 amide bonds. The van der Waals surface area contributed by atoms with Gasteiger partial charge in [-0.1, -0.05) is 0 Å². The highest BCUT2D eigenvalue weighted by molar-refractivity contribution is 6.00. The first-order chi connectivity index (χ1) is 17.9. The summed E-state index contributed by atoms with van der Waals surface area (Å²) in [6.07, 6.45) is 0.190. The van der Waals surface area contributed by atoms with Gasteiger partial charge < -0.3 is 14.5 Å². The number of hydrogen-bond acceptors (Lipinski definition) is 7. The minimum absolute atomic E-state index is 0.0203. The summed E-state index contributed by atoms with van der Waals surface area (Å²) in [5.41, 5.74) is 1.09. The van der Waals surface area contributed by atoms with Crippen molar-refractivity contribution in [3.8, 4) is 11.4 Å². The molecule has 3 heterocycles. The van der Waals surface area contributed by atoms with Gasteiger partial charge in [0, 0.05) is 50.9 Å². The van der Waals surface area contributed by atoms with Crippen molar-refractivity contribution in [3.63, 3.8) is 0 Å². The molecule has 3 aromatic rings. The number of piperazine rings is 1. The molecule has 10 nitrogen and oxygen atoms in total. The standard InChI is InChI=1S/C25H27F2N7O3/c1-2-37-20-6-3-18(4-7-20)33-15-17(13-24(33)35)25(36)32-11-9-31(10-12-32)16-23-28-29-30-34(23)19-5-8-21(26)22(27)14-19/h3-8,14,17H,2,9-13,15-16H2,1H3. The van der Waals surface area contributed by atoms with Crippen molar-refractivity contribution in [1.82, 2.24) is 30.0 Å². The summed E-state index contributed by atoms with van der Waals surface area (Å²) in [4.78, 5) is 31.4. The van der Waals surface area contributed by atoms with Crippen LogP contribution in [0.4, 0.5) is 14.5 Å². The Kier molecular flexibility index (Phi) is 7.08. The summed E-state index contributed by atoms with van der Waals surface area (Å²) in [5, 5.41) is 11.6. The first kappa shape index (κ1) is 24.8. The largest absolute Gasteiger partial charge is 0.494 e. The molecule has 1 aromatic heterocycles. The number of aromatic nitrogens is 4. The van der Waals surface area contributed by atoms with E-state index in [0.29, 0.717) is 57.4 Å². The van der Waals surface area contributed by atoms with Crippen molar-refractivity contribution in [2.75, 3.05) is 44.2 Å².